The number of carbonyl (C=O) groups is 1. The van der Waals surface area contributed by atoms with Crippen molar-refractivity contribution < 1.29 is 13.7 Å². The molecule has 2 aromatic rings. The average molecular weight is 329 g/mol. The first-order chi connectivity index (χ1) is 11.7. The molecule has 2 aliphatic rings. The van der Waals surface area contributed by atoms with Gasteiger partial charge < -0.3 is 9.84 Å². The summed E-state index contributed by atoms with van der Waals surface area (Å²) in [4.78, 5) is 14.4. The molecule has 4 rings (SSSR count). The van der Waals surface area contributed by atoms with Crippen LogP contribution in [0.15, 0.2) is 34.9 Å². The highest BCUT2D eigenvalue weighted by molar-refractivity contribution is 5.78. The molecule has 1 N–H and O–H groups in total. The SMILES string of the molecule is O=C(CN1C[C@@H]2CC[C@H]1C2)NCc1cc(-c2ccc(F)cc2)no1. The number of carbonyl (C=O) groups excluding carboxylic acids is 1. The summed E-state index contributed by atoms with van der Waals surface area (Å²) >= 11 is 0. The second kappa shape index (κ2) is 6.36. The van der Waals surface area contributed by atoms with Gasteiger partial charge >= 0.3 is 0 Å². The summed E-state index contributed by atoms with van der Waals surface area (Å²) in [7, 11) is 0. The molecule has 1 aliphatic heterocycles. The van der Waals surface area contributed by atoms with Gasteiger partial charge in [0, 0.05) is 24.2 Å². The number of piperidine rings is 1. The van der Waals surface area contributed by atoms with Gasteiger partial charge in [0.2, 0.25) is 5.91 Å². The predicted molar refractivity (Wildman–Crippen MR) is 86.4 cm³/mol. The molecule has 0 radical (unpaired) electrons. The van der Waals surface area contributed by atoms with E-state index in [0.717, 1.165) is 18.0 Å². The zero-order valence-electron chi connectivity index (χ0n) is 13.4. The number of hydrogen-bond acceptors (Lipinski definition) is 4. The van der Waals surface area contributed by atoms with Gasteiger partial charge in [-0.25, -0.2) is 4.39 Å². The maximum Gasteiger partial charge on any atom is 0.234 e. The van der Waals surface area contributed by atoms with E-state index in [1.165, 1.54) is 31.4 Å². The molecule has 1 saturated heterocycles. The lowest BCUT2D eigenvalue weighted by Crippen LogP contribution is -2.40. The Morgan fingerprint density at radius 3 is 2.88 bits per heavy atom. The molecule has 6 heteroatoms. The van der Waals surface area contributed by atoms with E-state index in [4.69, 9.17) is 4.52 Å². The van der Waals surface area contributed by atoms with Gasteiger partial charge in [0.25, 0.3) is 0 Å². The number of halogens is 1. The van der Waals surface area contributed by atoms with Crippen molar-refractivity contribution >= 4 is 5.91 Å². The van der Waals surface area contributed by atoms with Gasteiger partial charge in [0.1, 0.15) is 11.5 Å². The summed E-state index contributed by atoms with van der Waals surface area (Å²) in [6.45, 7) is 1.82. The molecule has 1 aromatic carbocycles. The lowest BCUT2D eigenvalue weighted by Gasteiger charge is -2.25. The van der Waals surface area contributed by atoms with Crippen molar-refractivity contribution in [3.8, 4) is 11.3 Å². The van der Waals surface area contributed by atoms with Crippen LogP contribution in [-0.2, 0) is 11.3 Å². The summed E-state index contributed by atoms with van der Waals surface area (Å²) in [5, 5.41) is 6.85. The van der Waals surface area contributed by atoms with E-state index in [0.29, 0.717) is 30.6 Å². The fraction of sp³-hybridized carbons (Fsp3) is 0.444. The minimum absolute atomic E-state index is 0.0160. The van der Waals surface area contributed by atoms with Gasteiger partial charge in [-0.1, -0.05) is 5.16 Å². The fourth-order valence-electron chi connectivity index (χ4n) is 3.80. The molecule has 126 valence electrons. The van der Waals surface area contributed by atoms with Crippen LogP contribution in [0.3, 0.4) is 0 Å². The monoisotopic (exact) mass is 329 g/mol. The highest BCUT2D eigenvalue weighted by atomic mass is 19.1. The summed E-state index contributed by atoms with van der Waals surface area (Å²) in [6, 6.07) is 8.43. The Morgan fingerprint density at radius 1 is 1.33 bits per heavy atom. The largest absolute Gasteiger partial charge is 0.359 e. The van der Waals surface area contributed by atoms with Crippen molar-refractivity contribution in [3.05, 3.63) is 41.9 Å². The third kappa shape index (κ3) is 3.19. The molecule has 1 saturated carbocycles. The second-order valence-corrected chi connectivity index (χ2v) is 6.72. The molecule has 1 aliphatic carbocycles. The summed E-state index contributed by atoms with van der Waals surface area (Å²) in [5.41, 5.74) is 1.42. The van der Waals surface area contributed by atoms with Crippen molar-refractivity contribution in [2.75, 3.05) is 13.1 Å². The standard InChI is InChI=1S/C18H20FN3O2/c19-14-4-2-13(3-5-14)17-8-16(24-21-17)9-20-18(23)11-22-10-12-1-6-15(22)7-12/h2-5,8,12,15H,1,6-7,9-11H2,(H,20,23)/t12-,15+/m1/s1. The number of amides is 1. The number of aromatic nitrogens is 1. The third-order valence-corrected chi connectivity index (χ3v) is 5.03. The van der Waals surface area contributed by atoms with Crippen LogP contribution in [0.2, 0.25) is 0 Å². The minimum atomic E-state index is -0.287. The van der Waals surface area contributed by atoms with Crippen molar-refractivity contribution in [3.63, 3.8) is 0 Å². The van der Waals surface area contributed by atoms with Crippen LogP contribution in [0.1, 0.15) is 25.0 Å². The van der Waals surface area contributed by atoms with Gasteiger partial charge in [-0.2, -0.15) is 0 Å². The van der Waals surface area contributed by atoms with E-state index in [2.05, 4.69) is 15.4 Å². The summed E-state index contributed by atoms with van der Waals surface area (Å²) in [6.07, 6.45) is 3.78. The van der Waals surface area contributed by atoms with E-state index >= 15 is 0 Å². The Morgan fingerprint density at radius 2 is 2.17 bits per heavy atom. The van der Waals surface area contributed by atoms with Crippen LogP contribution < -0.4 is 5.32 Å². The lowest BCUT2D eigenvalue weighted by atomic mass is 10.1. The molecule has 24 heavy (non-hydrogen) atoms. The number of nitrogens with one attached hydrogen (secondary N) is 1. The molecule has 2 fully saturated rings. The van der Waals surface area contributed by atoms with E-state index in [-0.39, 0.29) is 11.7 Å². The van der Waals surface area contributed by atoms with Crippen LogP contribution in [0.25, 0.3) is 11.3 Å². The molecule has 2 bridgehead atoms. The normalized spacial score (nSPS) is 22.9. The number of rotatable bonds is 5. The molecule has 0 unspecified atom stereocenters. The smallest absolute Gasteiger partial charge is 0.234 e. The fourth-order valence-corrected chi connectivity index (χ4v) is 3.80. The first kappa shape index (κ1) is 15.3. The Kier molecular flexibility index (Phi) is 4.06. The lowest BCUT2D eigenvalue weighted by molar-refractivity contribution is -0.122. The zero-order valence-corrected chi connectivity index (χ0v) is 13.4. The number of benzene rings is 1. The number of likely N-dealkylation sites (tertiary alicyclic amines) is 1. The van der Waals surface area contributed by atoms with Gasteiger partial charge in [-0.05, 0) is 49.4 Å². The Hall–Kier alpha value is -2.21. The molecule has 2 heterocycles. The second-order valence-electron chi connectivity index (χ2n) is 6.72. The molecule has 5 nitrogen and oxygen atoms in total. The van der Waals surface area contributed by atoms with Gasteiger partial charge in [-0.15, -0.1) is 0 Å². The first-order valence-electron chi connectivity index (χ1n) is 8.39. The summed E-state index contributed by atoms with van der Waals surface area (Å²) < 4.78 is 18.2. The molecular weight excluding hydrogens is 309 g/mol. The van der Waals surface area contributed by atoms with Gasteiger partial charge in [0.05, 0.1) is 13.1 Å². The predicted octanol–water partition coefficient (Wildman–Crippen LogP) is 2.58. The molecule has 1 amide bonds. The highest BCUT2D eigenvalue weighted by Gasteiger charge is 2.38. The van der Waals surface area contributed by atoms with Gasteiger partial charge in [0.15, 0.2) is 5.76 Å². The van der Waals surface area contributed by atoms with Crippen molar-refractivity contribution in [2.24, 2.45) is 5.92 Å². The van der Waals surface area contributed by atoms with E-state index in [1.807, 2.05) is 0 Å². The van der Waals surface area contributed by atoms with E-state index in [1.54, 1.807) is 18.2 Å². The van der Waals surface area contributed by atoms with Crippen LogP contribution in [0, 0.1) is 11.7 Å². The van der Waals surface area contributed by atoms with Crippen molar-refractivity contribution in [1.82, 2.24) is 15.4 Å². The van der Waals surface area contributed by atoms with Crippen LogP contribution in [-0.4, -0.2) is 35.1 Å². The Balaban J connectivity index is 1.30. The highest BCUT2D eigenvalue weighted by Crippen LogP contribution is 2.36. The van der Waals surface area contributed by atoms with Crippen molar-refractivity contribution in [1.29, 1.82) is 0 Å². The maximum atomic E-state index is 12.9. The number of nitrogens with zero attached hydrogens (tertiary/aromatic N) is 2. The van der Waals surface area contributed by atoms with E-state index in [9.17, 15) is 9.18 Å². The zero-order chi connectivity index (χ0) is 16.5. The first-order valence-corrected chi connectivity index (χ1v) is 8.39. The quantitative estimate of drug-likeness (QED) is 0.916. The summed E-state index contributed by atoms with van der Waals surface area (Å²) in [5.74, 6) is 1.11. The van der Waals surface area contributed by atoms with Crippen molar-refractivity contribution in [2.45, 2.75) is 31.8 Å². The third-order valence-electron chi connectivity index (χ3n) is 5.03. The van der Waals surface area contributed by atoms with Crippen LogP contribution in [0.4, 0.5) is 4.39 Å². The van der Waals surface area contributed by atoms with Crippen LogP contribution >= 0.6 is 0 Å². The van der Waals surface area contributed by atoms with Crippen LogP contribution in [0.5, 0.6) is 0 Å². The molecule has 2 atom stereocenters. The molecule has 0 spiro atoms. The minimum Gasteiger partial charge on any atom is -0.359 e. The average Bonchev–Trinajstić information content (AvgIpc) is 3.30. The Labute approximate surface area is 139 Å². The number of fused-ring (bicyclic) bond motifs is 2. The van der Waals surface area contributed by atoms with E-state index < -0.39 is 0 Å². The topological polar surface area (TPSA) is 58.4 Å². The molecular formula is C18H20FN3O2. The Bertz CT molecular complexity index is 728. The molecule has 1 aromatic heterocycles. The van der Waals surface area contributed by atoms with Gasteiger partial charge in [-0.3, -0.25) is 9.69 Å². The maximum absolute atomic E-state index is 12.9. The number of hydrogen-bond donors (Lipinski definition) is 1.